The normalized spacial score (nSPS) is 21.8. The molecule has 3 rings (SSSR count). The van der Waals surface area contributed by atoms with Gasteiger partial charge in [0.2, 0.25) is 0 Å². The Bertz CT molecular complexity index is 452. The molecule has 0 aromatic heterocycles. The zero-order chi connectivity index (χ0) is 14.5. The zero-order valence-electron chi connectivity index (χ0n) is 12.6. The van der Waals surface area contributed by atoms with E-state index in [4.69, 9.17) is 0 Å². The standard InChI is InChI=1S/C17H25N3O/c21-17(19-12-14-5-2-1-3-6-14)20(16-8-9-16)13-15-7-4-10-18-11-15/h1-3,5-6,15-16,18H,4,7-13H2,(H,19,21). The predicted octanol–water partition coefficient (Wildman–Crippen LogP) is 2.36. The van der Waals surface area contributed by atoms with Gasteiger partial charge in [-0.1, -0.05) is 30.3 Å². The molecular weight excluding hydrogens is 262 g/mol. The Hall–Kier alpha value is -1.55. The van der Waals surface area contributed by atoms with Crippen LogP contribution in [0.5, 0.6) is 0 Å². The number of rotatable bonds is 5. The number of amides is 2. The summed E-state index contributed by atoms with van der Waals surface area (Å²) in [6.45, 7) is 3.69. The molecule has 2 aliphatic rings. The first-order valence-electron chi connectivity index (χ1n) is 8.12. The van der Waals surface area contributed by atoms with Crippen LogP contribution >= 0.6 is 0 Å². The first kappa shape index (κ1) is 14.4. The number of benzene rings is 1. The van der Waals surface area contributed by atoms with Crippen LogP contribution in [-0.2, 0) is 6.54 Å². The molecule has 0 bridgehead atoms. The lowest BCUT2D eigenvalue weighted by Crippen LogP contribution is -2.46. The van der Waals surface area contributed by atoms with Crippen LogP contribution in [0.25, 0.3) is 0 Å². The van der Waals surface area contributed by atoms with Gasteiger partial charge in [-0.25, -0.2) is 4.79 Å². The Morgan fingerprint density at radius 3 is 2.71 bits per heavy atom. The molecule has 1 saturated heterocycles. The van der Waals surface area contributed by atoms with Gasteiger partial charge < -0.3 is 15.5 Å². The smallest absolute Gasteiger partial charge is 0.317 e. The van der Waals surface area contributed by atoms with Crippen molar-refractivity contribution in [3.8, 4) is 0 Å². The molecule has 1 heterocycles. The highest BCUT2D eigenvalue weighted by molar-refractivity contribution is 5.75. The predicted molar refractivity (Wildman–Crippen MR) is 84.0 cm³/mol. The summed E-state index contributed by atoms with van der Waals surface area (Å²) >= 11 is 0. The summed E-state index contributed by atoms with van der Waals surface area (Å²) in [5.74, 6) is 0.613. The van der Waals surface area contributed by atoms with Crippen LogP contribution in [-0.4, -0.2) is 36.6 Å². The van der Waals surface area contributed by atoms with Gasteiger partial charge in [0.1, 0.15) is 0 Å². The average molecular weight is 287 g/mol. The SMILES string of the molecule is O=C(NCc1ccccc1)N(CC1CCCNC1)C1CC1. The monoisotopic (exact) mass is 287 g/mol. The van der Waals surface area contributed by atoms with Gasteiger partial charge in [-0.15, -0.1) is 0 Å². The van der Waals surface area contributed by atoms with Crippen LogP contribution in [0.4, 0.5) is 4.79 Å². The van der Waals surface area contributed by atoms with E-state index in [-0.39, 0.29) is 6.03 Å². The first-order chi connectivity index (χ1) is 10.3. The van der Waals surface area contributed by atoms with Crippen LogP contribution in [0.1, 0.15) is 31.2 Å². The van der Waals surface area contributed by atoms with Crippen molar-refractivity contribution < 1.29 is 4.79 Å². The molecule has 1 atom stereocenters. The van der Waals surface area contributed by atoms with Gasteiger partial charge in [-0.2, -0.15) is 0 Å². The van der Waals surface area contributed by atoms with E-state index in [1.165, 1.54) is 25.7 Å². The molecule has 2 fully saturated rings. The fourth-order valence-electron chi connectivity index (χ4n) is 3.02. The van der Waals surface area contributed by atoms with Gasteiger partial charge in [0.15, 0.2) is 0 Å². The number of urea groups is 1. The van der Waals surface area contributed by atoms with E-state index in [0.29, 0.717) is 18.5 Å². The molecule has 1 aliphatic carbocycles. The van der Waals surface area contributed by atoms with Crippen LogP contribution in [0, 0.1) is 5.92 Å². The first-order valence-corrected chi connectivity index (χ1v) is 8.12. The molecule has 0 spiro atoms. The minimum Gasteiger partial charge on any atom is -0.334 e. The molecular formula is C17H25N3O. The molecule has 2 N–H and O–H groups in total. The van der Waals surface area contributed by atoms with Gasteiger partial charge in [-0.05, 0) is 50.3 Å². The van der Waals surface area contributed by atoms with Crippen molar-refractivity contribution in [2.45, 2.75) is 38.3 Å². The molecule has 4 nitrogen and oxygen atoms in total. The number of hydrogen-bond donors (Lipinski definition) is 2. The minimum atomic E-state index is 0.104. The highest BCUT2D eigenvalue weighted by Gasteiger charge is 2.34. The third-order valence-electron chi connectivity index (χ3n) is 4.39. The van der Waals surface area contributed by atoms with Crippen molar-refractivity contribution in [3.63, 3.8) is 0 Å². The third kappa shape index (κ3) is 4.21. The van der Waals surface area contributed by atoms with Gasteiger partial charge in [-0.3, -0.25) is 0 Å². The molecule has 1 aromatic carbocycles. The summed E-state index contributed by atoms with van der Waals surface area (Å²) in [5.41, 5.74) is 1.15. The fraction of sp³-hybridized carbons (Fsp3) is 0.588. The van der Waals surface area contributed by atoms with Gasteiger partial charge in [0.25, 0.3) is 0 Å². The maximum Gasteiger partial charge on any atom is 0.317 e. The molecule has 4 heteroatoms. The molecule has 1 aromatic rings. The number of nitrogens with one attached hydrogen (secondary N) is 2. The van der Waals surface area contributed by atoms with Gasteiger partial charge in [0.05, 0.1) is 0 Å². The van der Waals surface area contributed by atoms with Gasteiger partial charge >= 0.3 is 6.03 Å². The second-order valence-electron chi connectivity index (χ2n) is 6.24. The van der Waals surface area contributed by atoms with Crippen molar-refractivity contribution >= 4 is 6.03 Å². The zero-order valence-corrected chi connectivity index (χ0v) is 12.6. The van der Waals surface area contributed by atoms with Gasteiger partial charge in [0, 0.05) is 19.1 Å². The number of nitrogens with zero attached hydrogens (tertiary/aromatic N) is 1. The van der Waals surface area contributed by atoms with Crippen LogP contribution in [0.2, 0.25) is 0 Å². The largest absolute Gasteiger partial charge is 0.334 e. The minimum absolute atomic E-state index is 0.104. The lowest BCUT2D eigenvalue weighted by atomic mass is 9.99. The Kier molecular flexibility index (Phi) is 4.76. The summed E-state index contributed by atoms with van der Waals surface area (Å²) in [6.07, 6.45) is 4.80. The summed E-state index contributed by atoms with van der Waals surface area (Å²) in [6, 6.07) is 10.7. The maximum atomic E-state index is 12.5. The highest BCUT2D eigenvalue weighted by Crippen LogP contribution is 2.28. The summed E-state index contributed by atoms with van der Waals surface area (Å²) in [4.78, 5) is 14.5. The van der Waals surface area contributed by atoms with E-state index >= 15 is 0 Å². The number of carbonyl (C=O) groups is 1. The Morgan fingerprint density at radius 2 is 2.05 bits per heavy atom. The Labute approximate surface area is 126 Å². The molecule has 1 aliphatic heterocycles. The summed E-state index contributed by atoms with van der Waals surface area (Å²) < 4.78 is 0. The Balaban J connectivity index is 1.52. The molecule has 1 saturated carbocycles. The molecule has 0 radical (unpaired) electrons. The molecule has 21 heavy (non-hydrogen) atoms. The van der Waals surface area contributed by atoms with E-state index in [2.05, 4.69) is 15.5 Å². The van der Waals surface area contributed by atoms with Crippen LogP contribution < -0.4 is 10.6 Å². The van der Waals surface area contributed by atoms with Crippen molar-refractivity contribution in [1.29, 1.82) is 0 Å². The lowest BCUT2D eigenvalue weighted by molar-refractivity contribution is 0.177. The molecule has 1 unspecified atom stereocenters. The molecule has 114 valence electrons. The number of hydrogen-bond acceptors (Lipinski definition) is 2. The van der Waals surface area contributed by atoms with E-state index < -0.39 is 0 Å². The van der Waals surface area contributed by atoms with E-state index in [9.17, 15) is 4.79 Å². The quantitative estimate of drug-likeness (QED) is 0.873. The van der Waals surface area contributed by atoms with Crippen LogP contribution in [0.15, 0.2) is 30.3 Å². The molecule has 2 amide bonds. The number of piperidine rings is 1. The lowest BCUT2D eigenvalue weighted by Gasteiger charge is -2.30. The summed E-state index contributed by atoms with van der Waals surface area (Å²) in [5, 5.41) is 6.51. The van der Waals surface area contributed by atoms with Crippen molar-refractivity contribution in [3.05, 3.63) is 35.9 Å². The average Bonchev–Trinajstić information content (AvgIpc) is 3.37. The second-order valence-corrected chi connectivity index (χ2v) is 6.24. The topological polar surface area (TPSA) is 44.4 Å². The van der Waals surface area contributed by atoms with Crippen molar-refractivity contribution in [2.24, 2.45) is 5.92 Å². The summed E-state index contributed by atoms with van der Waals surface area (Å²) in [7, 11) is 0. The Morgan fingerprint density at radius 1 is 1.24 bits per heavy atom. The maximum absolute atomic E-state index is 12.5. The van der Waals surface area contributed by atoms with Crippen LogP contribution in [0.3, 0.4) is 0 Å². The second kappa shape index (κ2) is 6.94. The van der Waals surface area contributed by atoms with E-state index in [1.54, 1.807) is 0 Å². The van der Waals surface area contributed by atoms with E-state index in [0.717, 1.165) is 25.2 Å². The highest BCUT2D eigenvalue weighted by atomic mass is 16.2. The van der Waals surface area contributed by atoms with E-state index in [1.807, 2.05) is 30.3 Å². The fourth-order valence-corrected chi connectivity index (χ4v) is 3.02. The third-order valence-corrected chi connectivity index (χ3v) is 4.39. The number of carbonyl (C=O) groups excluding carboxylic acids is 1. The van der Waals surface area contributed by atoms with Crippen molar-refractivity contribution in [1.82, 2.24) is 15.5 Å². The van der Waals surface area contributed by atoms with Crippen molar-refractivity contribution in [2.75, 3.05) is 19.6 Å².